The molecule has 32 heavy (non-hydrogen) atoms. The molecule has 1 heterocycles. The maximum atomic E-state index is 13.3. The highest BCUT2D eigenvalue weighted by Crippen LogP contribution is 2.40. The highest BCUT2D eigenvalue weighted by molar-refractivity contribution is 6.36. The summed E-state index contributed by atoms with van der Waals surface area (Å²) in [6, 6.07) is 10.3. The number of benzene rings is 2. The van der Waals surface area contributed by atoms with Crippen molar-refractivity contribution in [2.45, 2.75) is 18.8 Å². The van der Waals surface area contributed by atoms with E-state index < -0.39 is 5.92 Å². The summed E-state index contributed by atoms with van der Waals surface area (Å²) in [6.45, 7) is 1.33. The number of likely N-dealkylation sites (tertiary alicyclic amines) is 1. The molecule has 0 bridgehead atoms. The predicted octanol–water partition coefficient (Wildman–Crippen LogP) is 4.39. The lowest BCUT2D eigenvalue weighted by molar-refractivity contribution is -0.125. The molecule has 2 amide bonds. The fourth-order valence-corrected chi connectivity index (χ4v) is 4.70. The topological polar surface area (TPSA) is 67.9 Å². The van der Waals surface area contributed by atoms with Gasteiger partial charge in [0.1, 0.15) is 11.5 Å². The number of hydrogen-bond acceptors (Lipinski definition) is 4. The SMILES string of the molecule is COc1ccc(OC)c(C2CN(C(=O)c3ccc(Cl)cc3Cl)CC2C(=O)NCC2CC2)c1. The molecule has 1 aliphatic carbocycles. The standard InChI is InChI=1S/C24H26Cl2N2O4/c1-31-16-6-8-22(32-2)18(10-16)19-12-28(13-20(19)23(29)27-11-14-3-4-14)24(30)17-7-5-15(25)9-21(17)26/h5-10,14,19-20H,3-4,11-13H2,1-2H3,(H,27,29). The summed E-state index contributed by atoms with van der Waals surface area (Å²) in [4.78, 5) is 28.1. The molecule has 2 aromatic rings. The second-order valence-electron chi connectivity index (χ2n) is 8.34. The lowest BCUT2D eigenvalue weighted by Gasteiger charge is -2.21. The zero-order valence-corrected chi connectivity index (χ0v) is 19.6. The smallest absolute Gasteiger partial charge is 0.255 e. The van der Waals surface area contributed by atoms with Gasteiger partial charge < -0.3 is 19.7 Å². The first kappa shape index (κ1) is 22.7. The normalized spacial score (nSPS) is 20.2. The van der Waals surface area contributed by atoms with Crippen LogP contribution in [0, 0.1) is 11.8 Å². The lowest BCUT2D eigenvalue weighted by Crippen LogP contribution is -2.36. The van der Waals surface area contributed by atoms with E-state index in [0.29, 0.717) is 52.7 Å². The number of halogens is 2. The number of nitrogens with zero attached hydrogens (tertiary/aromatic N) is 1. The Kier molecular flexibility index (Phi) is 6.82. The molecule has 0 radical (unpaired) electrons. The molecule has 8 heteroatoms. The monoisotopic (exact) mass is 476 g/mol. The summed E-state index contributed by atoms with van der Waals surface area (Å²) in [5.41, 5.74) is 1.21. The van der Waals surface area contributed by atoms with Gasteiger partial charge in [-0.1, -0.05) is 23.2 Å². The molecular weight excluding hydrogens is 451 g/mol. The third-order valence-corrected chi connectivity index (χ3v) is 6.75. The van der Waals surface area contributed by atoms with E-state index in [2.05, 4.69) is 5.32 Å². The van der Waals surface area contributed by atoms with Gasteiger partial charge in [0, 0.05) is 36.1 Å². The van der Waals surface area contributed by atoms with Crippen LogP contribution in [0.15, 0.2) is 36.4 Å². The maximum Gasteiger partial charge on any atom is 0.255 e. The average Bonchev–Trinajstić information content (AvgIpc) is 3.52. The second-order valence-corrected chi connectivity index (χ2v) is 9.19. The molecule has 6 nitrogen and oxygen atoms in total. The van der Waals surface area contributed by atoms with Gasteiger partial charge in [-0.25, -0.2) is 0 Å². The Bertz CT molecular complexity index is 1030. The number of carbonyl (C=O) groups is 2. The van der Waals surface area contributed by atoms with Crippen LogP contribution in [-0.4, -0.2) is 50.6 Å². The molecule has 2 aromatic carbocycles. The van der Waals surface area contributed by atoms with Crippen LogP contribution in [0.3, 0.4) is 0 Å². The third kappa shape index (κ3) is 4.81. The van der Waals surface area contributed by atoms with Crippen LogP contribution in [0.1, 0.15) is 34.7 Å². The van der Waals surface area contributed by atoms with Crippen LogP contribution in [0.5, 0.6) is 11.5 Å². The van der Waals surface area contributed by atoms with Gasteiger partial charge in [-0.3, -0.25) is 9.59 Å². The lowest BCUT2D eigenvalue weighted by atomic mass is 9.87. The number of ether oxygens (including phenoxy) is 2. The summed E-state index contributed by atoms with van der Waals surface area (Å²) >= 11 is 12.3. The van der Waals surface area contributed by atoms with Crippen LogP contribution >= 0.6 is 23.2 Å². The predicted molar refractivity (Wildman–Crippen MR) is 124 cm³/mol. The molecule has 2 unspecified atom stereocenters. The molecule has 2 aliphatic rings. The molecular formula is C24H26Cl2N2O4. The molecule has 1 saturated carbocycles. The Morgan fingerprint density at radius 3 is 2.50 bits per heavy atom. The van der Waals surface area contributed by atoms with Gasteiger partial charge >= 0.3 is 0 Å². The largest absolute Gasteiger partial charge is 0.497 e. The van der Waals surface area contributed by atoms with Gasteiger partial charge in [-0.05, 0) is 55.2 Å². The van der Waals surface area contributed by atoms with Crippen molar-refractivity contribution in [3.8, 4) is 11.5 Å². The van der Waals surface area contributed by atoms with E-state index in [4.69, 9.17) is 32.7 Å². The fraction of sp³-hybridized carbons (Fsp3) is 0.417. The van der Waals surface area contributed by atoms with Gasteiger partial charge in [0.25, 0.3) is 5.91 Å². The van der Waals surface area contributed by atoms with E-state index in [1.807, 2.05) is 18.2 Å². The van der Waals surface area contributed by atoms with Crippen molar-refractivity contribution in [3.63, 3.8) is 0 Å². The van der Waals surface area contributed by atoms with E-state index >= 15 is 0 Å². The Morgan fingerprint density at radius 1 is 1.06 bits per heavy atom. The first-order valence-corrected chi connectivity index (χ1v) is 11.4. The van der Waals surface area contributed by atoms with Crippen molar-refractivity contribution in [3.05, 3.63) is 57.6 Å². The highest BCUT2D eigenvalue weighted by Gasteiger charge is 2.42. The number of methoxy groups -OCH3 is 2. The number of rotatable bonds is 7. The fourth-order valence-electron chi connectivity index (χ4n) is 4.21. The molecule has 1 saturated heterocycles. The minimum Gasteiger partial charge on any atom is -0.497 e. The number of amides is 2. The summed E-state index contributed by atoms with van der Waals surface area (Å²) in [5.74, 6) is 0.966. The molecule has 1 aliphatic heterocycles. The van der Waals surface area contributed by atoms with Crippen molar-refractivity contribution in [2.75, 3.05) is 33.9 Å². The van der Waals surface area contributed by atoms with E-state index in [9.17, 15) is 9.59 Å². The van der Waals surface area contributed by atoms with Gasteiger partial charge in [0.15, 0.2) is 0 Å². The van der Waals surface area contributed by atoms with Crippen LogP contribution < -0.4 is 14.8 Å². The molecule has 170 valence electrons. The van der Waals surface area contributed by atoms with E-state index in [-0.39, 0.29) is 17.7 Å². The van der Waals surface area contributed by atoms with Crippen LogP contribution in [0.25, 0.3) is 0 Å². The van der Waals surface area contributed by atoms with E-state index in [1.54, 1.807) is 37.3 Å². The zero-order chi connectivity index (χ0) is 22.8. The highest BCUT2D eigenvalue weighted by atomic mass is 35.5. The first-order chi connectivity index (χ1) is 15.4. The van der Waals surface area contributed by atoms with Gasteiger partial charge in [-0.15, -0.1) is 0 Å². The van der Waals surface area contributed by atoms with Crippen molar-refractivity contribution >= 4 is 35.0 Å². The first-order valence-electron chi connectivity index (χ1n) is 10.6. The minimum atomic E-state index is -0.412. The van der Waals surface area contributed by atoms with Crippen molar-refractivity contribution in [2.24, 2.45) is 11.8 Å². The number of hydrogen-bond donors (Lipinski definition) is 1. The average molecular weight is 477 g/mol. The van der Waals surface area contributed by atoms with Crippen LogP contribution in [0.4, 0.5) is 0 Å². The minimum absolute atomic E-state index is 0.0516. The Morgan fingerprint density at radius 2 is 1.84 bits per heavy atom. The summed E-state index contributed by atoms with van der Waals surface area (Å²) < 4.78 is 11.0. The molecule has 0 aromatic heterocycles. The summed E-state index contributed by atoms with van der Waals surface area (Å²) in [7, 11) is 3.19. The molecule has 0 spiro atoms. The van der Waals surface area contributed by atoms with Crippen molar-refractivity contribution in [1.82, 2.24) is 10.2 Å². The number of nitrogens with one attached hydrogen (secondary N) is 1. The summed E-state index contributed by atoms with van der Waals surface area (Å²) in [6.07, 6.45) is 2.30. The van der Waals surface area contributed by atoms with Gasteiger partial charge in [0.2, 0.25) is 5.91 Å². The zero-order valence-electron chi connectivity index (χ0n) is 18.1. The number of carbonyl (C=O) groups excluding carboxylic acids is 2. The molecule has 2 fully saturated rings. The quantitative estimate of drug-likeness (QED) is 0.643. The third-order valence-electron chi connectivity index (χ3n) is 6.20. The van der Waals surface area contributed by atoms with Crippen molar-refractivity contribution in [1.29, 1.82) is 0 Å². The Hall–Kier alpha value is -2.44. The van der Waals surface area contributed by atoms with Gasteiger partial charge in [-0.2, -0.15) is 0 Å². The van der Waals surface area contributed by atoms with Crippen LogP contribution in [-0.2, 0) is 4.79 Å². The summed E-state index contributed by atoms with van der Waals surface area (Å²) in [5, 5.41) is 3.83. The maximum absolute atomic E-state index is 13.3. The molecule has 4 rings (SSSR count). The van der Waals surface area contributed by atoms with Crippen molar-refractivity contribution < 1.29 is 19.1 Å². The molecule has 2 atom stereocenters. The van der Waals surface area contributed by atoms with E-state index in [1.165, 1.54) is 0 Å². The molecule has 1 N–H and O–H groups in total. The van der Waals surface area contributed by atoms with Crippen LogP contribution in [0.2, 0.25) is 10.0 Å². The van der Waals surface area contributed by atoms with Gasteiger partial charge in [0.05, 0.1) is 30.7 Å². The van der Waals surface area contributed by atoms with E-state index in [0.717, 1.165) is 18.4 Å². The Labute approximate surface area is 197 Å². The Balaban J connectivity index is 1.64. The second kappa shape index (κ2) is 9.59.